The van der Waals surface area contributed by atoms with E-state index < -0.39 is 4.92 Å². The van der Waals surface area contributed by atoms with Crippen LogP contribution in [0.25, 0.3) is 10.9 Å². The van der Waals surface area contributed by atoms with Crippen molar-refractivity contribution >= 4 is 22.4 Å². The minimum absolute atomic E-state index is 0.0496. The predicted octanol–water partition coefficient (Wildman–Crippen LogP) is 2.11. The van der Waals surface area contributed by atoms with Crippen molar-refractivity contribution in [2.45, 2.75) is 18.9 Å². The first-order chi connectivity index (χ1) is 8.24. The number of nitrogens with one attached hydrogen (secondary N) is 1. The molecule has 1 heterocycles. The fraction of sp³-hybridized carbons (Fsp3) is 0.273. The van der Waals surface area contributed by atoms with Gasteiger partial charge < -0.3 is 5.32 Å². The molecular formula is C11H10N4O2. The van der Waals surface area contributed by atoms with Gasteiger partial charge >= 0.3 is 0 Å². The lowest BCUT2D eigenvalue weighted by Gasteiger charge is -2.06. The van der Waals surface area contributed by atoms with Gasteiger partial charge in [0, 0.05) is 23.6 Å². The van der Waals surface area contributed by atoms with E-state index in [2.05, 4.69) is 15.3 Å². The smallest absolute Gasteiger partial charge is 0.271 e. The maximum atomic E-state index is 10.7. The molecular weight excluding hydrogens is 220 g/mol. The van der Waals surface area contributed by atoms with Crippen LogP contribution in [0.2, 0.25) is 0 Å². The zero-order chi connectivity index (χ0) is 11.8. The van der Waals surface area contributed by atoms with E-state index in [0.29, 0.717) is 11.6 Å². The Hall–Kier alpha value is -2.24. The van der Waals surface area contributed by atoms with Gasteiger partial charge in [0.05, 0.1) is 10.4 Å². The summed E-state index contributed by atoms with van der Waals surface area (Å²) in [6.45, 7) is 0. The van der Waals surface area contributed by atoms with Gasteiger partial charge in [-0.2, -0.15) is 0 Å². The first kappa shape index (κ1) is 9.95. The van der Waals surface area contributed by atoms with Gasteiger partial charge in [-0.3, -0.25) is 10.1 Å². The van der Waals surface area contributed by atoms with Crippen molar-refractivity contribution in [1.29, 1.82) is 0 Å². The minimum atomic E-state index is -0.421. The van der Waals surface area contributed by atoms with Crippen molar-refractivity contribution in [1.82, 2.24) is 9.97 Å². The van der Waals surface area contributed by atoms with Gasteiger partial charge in [-0.1, -0.05) is 0 Å². The van der Waals surface area contributed by atoms with Crippen molar-refractivity contribution in [3.05, 3.63) is 34.6 Å². The zero-order valence-corrected chi connectivity index (χ0v) is 8.96. The van der Waals surface area contributed by atoms with E-state index in [1.54, 1.807) is 6.07 Å². The van der Waals surface area contributed by atoms with Crippen molar-refractivity contribution in [2.75, 3.05) is 5.32 Å². The average molecular weight is 230 g/mol. The molecule has 6 heteroatoms. The number of nitro benzene ring substituents is 1. The summed E-state index contributed by atoms with van der Waals surface area (Å²) < 4.78 is 0. The molecule has 1 saturated carbocycles. The molecule has 3 rings (SSSR count). The topological polar surface area (TPSA) is 81.0 Å². The molecule has 1 aromatic carbocycles. The Morgan fingerprint density at radius 2 is 2.18 bits per heavy atom. The van der Waals surface area contributed by atoms with Gasteiger partial charge in [0.2, 0.25) is 0 Å². The summed E-state index contributed by atoms with van der Waals surface area (Å²) >= 11 is 0. The molecule has 0 amide bonds. The molecule has 1 aliphatic carbocycles. The summed E-state index contributed by atoms with van der Waals surface area (Å²) in [5.74, 6) is 0.757. The van der Waals surface area contributed by atoms with E-state index in [-0.39, 0.29) is 5.69 Å². The number of aromatic nitrogens is 2. The van der Waals surface area contributed by atoms with Crippen LogP contribution in [0, 0.1) is 10.1 Å². The Kier molecular flexibility index (Phi) is 2.14. The Bertz CT molecular complexity index is 595. The lowest BCUT2D eigenvalue weighted by molar-refractivity contribution is -0.384. The first-order valence-corrected chi connectivity index (χ1v) is 5.40. The van der Waals surface area contributed by atoms with Gasteiger partial charge in [0.1, 0.15) is 12.1 Å². The van der Waals surface area contributed by atoms with E-state index in [0.717, 1.165) is 24.0 Å². The summed E-state index contributed by atoms with van der Waals surface area (Å²) in [4.78, 5) is 18.5. The number of anilines is 1. The second-order valence-corrected chi connectivity index (χ2v) is 4.10. The van der Waals surface area contributed by atoms with Gasteiger partial charge in [0.25, 0.3) is 5.69 Å². The highest BCUT2D eigenvalue weighted by Crippen LogP contribution is 2.28. The normalized spacial score (nSPS) is 14.8. The Balaban J connectivity index is 2.08. The molecule has 0 unspecified atom stereocenters. The van der Waals surface area contributed by atoms with Crippen LogP contribution in [0.15, 0.2) is 24.5 Å². The monoisotopic (exact) mass is 230 g/mol. The summed E-state index contributed by atoms with van der Waals surface area (Å²) in [6, 6.07) is 5.13. The molecule has 1 aliphatic rings. The lowest BCUT2D eigenvalue weighted by Crippen LogP contribution is -2.04. The second kappa shape index (κ2) is 3.65. The van der Waals surface area contributed by atoms with Crippen LogP contribution >= 0.6 is 0 Å². The number of nitro groups is 1. The summed E-state index contributed by atoms with van der Waals surface area (Å²) in [5, 5.41) is 14.8. The molecule has 0 aliphatic heterocycles. The van der Waals surface area contributed by atoms with Crippen molar-refractivity contribution < 1.29 is 4.92 Å². The Morgan fingerprint density at radius 1 is 1.35 bits per heavy atom. The van der Waals surface area contributed by atoms with Gasteiger partial charge in [-0.05, 0) is 18.9 Å². The maximum Gasteiger partial charge on any atom is 0.271 e. The number of nitrogens with zero attached hydrogens (tertiary/aromatic N) is 3. The van der Waals surface area contributed by atoms with Gasteiger partial charge in [0.15, 0.2) is 0 Å². The molecule has 1 N–H and O–H groups in total. The molecule has 0 radical (unpaired) electrons. The Morgan fingerprint density at radius 3 is 2.88 bits per heavy atom. The van der Waals surface area contributed by atoms with Crippen LogP contribution in [0.3, 0.4) is 0 Å². The maximum absolute atomic E-state index is 10.7. The van der Waals surface area contributed by atoms with Crippen LogP contribution in [0.5, 0.6) is 0 Å². The van der Waals surface area contributed by atoms with Crippen LogP contribution in [0.4, 0.5) is 11.5 Å². The van der Waals surface area contributed by atoms with Crippen LogP contribution in [0.1, 0.15) is 12.8 Å². The van der Waals surface area contributed by atoms with E-state index in [9.17, 15) is 10.1 Å². The fourth-order valence-corrected chi connectivity index (χ4v) is 1.70. The zero-order valence-electron chi connectivity index (χ0n) is 8.96. The van der Waals surface area contributed by atoms with Crippen LogP contribution < -0.4 is 5.32 Å². The minimum Gasteiger partial charge on any atom is -0.367 e. The molecule has 0 spiro atoms. The second-order valence-electron chi connectivity index (χ2n) is 4.10. The van der Waals surface area contributed by atoms with Crippen LogP contribution in [-0.4, -0.2) is 20.9 Å². The van der Waals surface area contributed by atoms with Gasteiger partial charge in [-0.15, -0.1) is 0 Å². The molecule has 2 aromatic rings. The SMILES string of the molecule is O=[N+]([O-])c1ccc2c(NC3CC3)ncnc2c1. The van der Waals surface area contributed by atoms with E-state index >= 15 is 0 Å². The van der Waals surface area contributed by atoms with Crippen molar-refractivity contribution in [2.24, 2.45) is 0 Å². The summed E-state index contributed by atoms with van der Waals surface area (Å²) in [7, 11) is 0. The number of rotatable bonds is 3. The highest BCUT2D eigenvalue weighted by molar-refractivity contribution is 5.90. The molecule has 0 bridgehead atoms. The third-order valence-corrected chi connectivity index (χ3v) is 2.75. The highest BCUT2D eigenvalue weighted by atomic mass is 16.6. The molecule has 0 atom stereocenters. The van der Waals surface area contributed by atoms with Gasteiger partial charge in [-0.25, -0.2) is 9.97 Å². The molecule has 6 nitrogen and oxygen atoms in total. The highest BCUT2D eigenvalue weighted by Gasteiger charge is 2.22. The standard InChI is InChI=1S/C11H10N4O2/c16-15(17)8-3-4-9-10(5-8)12-6-13-11(9)14-7-1-2-7/h3-7H,1-2H2,(H,12,13,14). The lowest BCUT2D eigenvalue weighted by atomic mass is 10.2. The molecule has 17 heavy (non-hydrogen) atoms. The van der Waals surface area contributed by atoms with E-state index in [1.807, 2.05) is 0 Å². The third-order valence-electron chi connectivity index (χ3n) is 2.75. The summed E-state index contributed by atoms with van der Waals surface area (Å²) in [6.07, 6.45) is 3.73. The Labute approximate surface area is 96.8 Å². The predicted molar refractivity (Wildman–Crippen MR) is 62.8 cm³/mol. The number of hydrogen-bond acceptors (Lipinski definition) is 5. The largest absolute Gasteiger partial charge is 0.367 e. The van der Waals surface area contributed by atoms with E-state index in [1.165, 1.54) is 18.5 Å². The number of non-ortho nitro benzene ring substituents is 1. The molecule has 1 fully saturated rings. The third kappa shape index (κ3) is 1.89. The average Bonchev–Trinajstić information content (AvgIpc) is 3.12. The number of fused-ring (bicyclic) bond motifs is 1. The quantitative estimate of drug-likeness (QED) is 0.645. The number of benzene rings is 1. The summed E-state index contributed by atoms with van der Waals surface area (Å²) in [5.41, 5.74) is 0.644. The van der Waals surface area contributed by atoms with E-state index in [4.69, 9.17) is 0 Å². The molecule has 1 aromatic heterocycles. The molecule has 86 valence electrons. The van der Waals surface area contributed by atoms with Crippen molar-refractivity contribution in [3.63, 3.8) is 0 Å². The number of hydrogen-bond donors (Lipinski definition) is 1. The fourth-order valence-electron chi connectivity index (χ4n) is 1.70. The first-order valence-electron chi connectivity index (χ1n) is 5.40. The van der Waals surface area contributed by atoms with Crippen molar-refractivity contribution in [3.8, 4) is 0 Å². The van der Waals surface area contributed by atoms with Crippen LogP contribution in [-0.2, 0) is 0 Å². The molecule has 0 saturated heterocycles.